The van der Waals surface area contributed by atoms with Gasteiger partial charge in [0.05, 0.1) is 0 Å². The van der Waals surface area contributed by atoms with E-state index in [-0.39, 0.29) is 0 Å². The molecule has 2 heterocycles. The highest BCUT2D eigenvalue weighted by Gasteiger charge is 2.34. The van der Waals surface area contributed by atoms with Crippen molar-refractivity contribution in [1.82, 2.24) is 18.8 Å². The van der Waals surface area contributed by atoms with Crippen LogP contribution in [-0.4, -0.2) is 80.8 Å². The molecule has 0 spiro atoms. The maximum absolute atomic E-state index is 12.4. The molecule has 0 amide bonds. The molecule has 6 nitrogen and oxygen atoms in total. The Morgan fingerprint density at radius 2 is 1.71 bits per heavy atom. The predicted molar refractivity (Wildman–Crippen MR) is 67.0 cm³/mol. The van der Waals surface area contributed by atoms with E-state index in [0.29, 0.717) is 32.2 Å². The second kappa shape index (κ2) is 5.19. The van der Waals surface area contributed by atoms with Gasteiger partial charge >= 0.3 is 0 Å². The molecule has 2 aliphatic heterocycles. The summed E-state index contributed by atoms with van der Waals surface area (Å²) in [5, 5.41) is 3.17. The van der Waals surface area contributed by atoms with Crippen molar-refractivity contribution in [2.24, 2.45) is 0 Å². The Labute approximate surface area is 104 Å². The van der Waals surface area contributed by atoms with Crippen LogP contribution in [0.2, 0.25) is 0 Å². The van der Waals surface area contributed by atoms with Gasteiger partial charge in [-0.2, -0.15) is 17.0 Å². The summed E-state index contributed by atoms with van der Waals surface area (Å²) in [6.07, 6.45) is 0. The molecule has 0 radical (unpaired) electrons. The third kappa shape index (κ3) is 2.79. The molecule has 0 saturated carbocycles. The number of rotatable bonds is 2. The summed E-state index contributed by atoms with van der Waals surface area (Å²) in [6.45, 7) is 6.76. The molecule has 0 aromatic carbocycles. The van der Waals surface area contributed by atoms with Crippen LogP contribution in [0.3, 0.4) is 0 Å². The van der Waals surface area contributed by atoms with Gasteiger partial charge < -0.3 is 10.2 Å². The molecule has 0 aromatic heterocycles. The predicted octanol–water partition coefficient (Wildman–Crippen LogP) is -1.23. The molecule has 2 aliphatic rings. The van der Waals surface area contributed by atoms with E-state index in [0.717, 1.165) is 19.6 Å². The third-order valence-electron chi connectivity index (χ3n) is 3.65. The van der Waals surface area contributed by atoms with Crippen LogP contribution in [0.5, 0.6) is 0 Å². The normalized spacial score (nSPS) is 30.6. The fraction of sp³-hybridized carbons (Fsp3) is 1.00. The minimum atomic E-state index is -3.24. The van der Waals surface area contributed by atoms with Crippen molar-refractivity contribution < 1.29 is 8.42 Å². The number of hydrogen-bond acceptors (Lipinski definition) is 4. The van der Waals surface area contributed by atoms with Crippen LogP contribution in [0.25, 0.3) is 0 Å². The van der Waals surface area contributed by atoms with E-state index in [2.05, 4.69) is 17.1 Å². The molecular weight excluding hydrogens is 240 g/mol. The fourth-order valence-electron chi connectivity index (χ4n) is 2.26. The van der Waals surface area contributed by atoms with Gasteiger partial charge in [-0.1, -0.05) is 0 Å². The van der Waals surface area contributed by atoms with Gasteiger partial charge in [0.1, 0.15) is 0 Å². The zero-order chi connectivity index (χ0) is 12.5. The zero-order valence-corrected chi connectivity index (χ0v) is 11.4. The van der Waals surface area contributed by atoms with Gasteiger partial charge in [-0.05, 0) is 14.0 Å². The summed E-state index contributed by atoms with van der Waals surface area (Å²) < 4.78 is 28.0. The second-order valence-electron chi connectivity index (χ2n) is 4.84. The molecule has 2 fully saturated rings. The standard InChI is InChI=1S/C10H22N4O2S/c1-10-9-14(8-7-12(10)2)17(15,16)13-5-3-11-4-6-13/h10-11H,3-9H2,1-2H3. The minimum absolute atomic E-state index is 0.293. The Morgan fingerprint density at radius 1 is 1.06 bits per heavy atom. The Hall–Kier alpha value is -0.210. The van der Waals surface area contributed by atoms with Crippen molar-refractivity contribution in [2.45, 2.75) is 13.0 Å². The van der Waals surface area contributed by atoms with Crippen LogP contribution in [0.4, 0.5) is 0 Å². The Morgan fingerprint density at radius 3 is 2.29 bits per heavy atom. The van der Waals surface area contributed by atoms with Crippen molar-refractivity contribution >= 4 is 10.2 Å². The molecular formula is C10H22N4O2S. The van der Waals surface area contributed by atoms with Gasteiger partial charge in [-0.3, -0.25) is 0 Å². The van der Waals surface area contributed by atoms with Crippen LogP contribution >= 0.6 is 0 Å². The SMILES string of the molecule is CC1CN(S(=O)(=O)N2CCNCC2)CCN1C. The fourth-order valence-corrected chi connectivity index (χ4v) is 3.95. The average molecular weight is 262 g/mol. The molecule has 17 heavy (non-hydrogen) atoms. The summed E-state index contributed by atoms with van der Waals surface area (Å²) in [4.78, 5) is 2.20. The first-order valence-corrected chi connectivity index (χ1v) is 7.57. The summed E-state index contributed by atoms with van der Waals surface area (Å²) >= 11 is 0. The molecule has 0 aromatic rings. The van der Waals surface area contributed by atoms with Crippen molar-refractivity contribution in [3.8, 4) is 0 Å². The second-order valence-corrected chi connectivity index (χ2v) is 6.77. The van der Waals surface area contributed by atoms with Crippen molar-refractivity contribution in [3.63, 3.8) is 0 Å². The first-order chi connectivity index (χ1) is 8.01. The molecule has 1 unspecified atom stereocenters. The summed E-state index contributed by atoms with van der Waals surface area (Å²) in [6, 6.07) is 0.293. The minimum Gasteiger partial charge on any atom is -0.314 e. The van der Waals surface area contributed by atoms with E-state index in [1.165, 1.54) is 0 Å². The lowest BCUT2D eigenvalue weighted by Gasteiger charge is -2.39. The van der Waals surface area contributed by atoms with E-state index in [9.17, 15) is 8.42 Å². The van der Waals surface area contributed by atoms with Gasteiger partial charge in [0.25, 0.3) is 10.2 Å². The van der Waals surface area contributed by atoms with Gasteiger partial charge in [0, 0.05) is 51.9 Å². The molecule has 2 saturated heterocycles. The number of nitrogens with zero attached hydrogens (tertiary/aromatic N) is 3. The van der Waals surface area contributed by atoms with Crippen LogP contribution in [-0.2, 0) is 10.2 Å². The van der Waals surface area contributed by atoms with E-state index in [1.54, 1.807) is 8.61 Å². The highest BCUT2D eigenvalue weighted by Crippen LogP contribution is 2.15. The third-order valence-corrected chi connectivity index (χ3v) is 5.65. The van der Waals surface area contributed by atoms with E-state index in [1.807, 2.05) is 7.05 Å². The number of hydrogen-bond donors (Lipinski definition) is 1. The average Bonchev–Trinajstić information content (AvgIpc) is 2.33. The first kappa shape index (κ1) is 13.2. The topological polar surface area (TPSA) is 55.9 Å². The van der Waals surface area contributed by atoms with Crippen molar-refractivity contribution in [3.05, 3.63) is 0 Å². The van der Waals surface area contributed by atoms with Crippen molar-refractivity contribution in [1.29, 1.82) is 0 Å². The largest absolute Gasteiger partial charge is 0.314 e. The van der Waals surface area contributed by atoms with Crippen LogP contribution in [0.1, 0.15) is 6.92 Å². The summed E-state index contributed by atoms with van der Waals surface area (Å²) in [5.41, 5.74) is 0. The zero-order valence-electron chi connectivity index (χ0n) is 10.6. The number of nitrogens with one attached hydrogen (secondary N) is 1. The van der Waals surface area contributed by atoms with E-state index >= 15 is 0 Å². The van der Waals surface area contributed by atoms with Gasteiger partial charge in [0.2, 0.25) is 0 Å². The lowest BCUT2D eigenvalue weighted by Crippen LogP contribution is -2.58. The molecule has 0 bridgehead atoms. The highest BCUT2D eigenvalue weighted by atomic mass is 32.2. The smallest absolute Gasteiger partial charge is 0.282 e. The van der Waals surface area contributed by atoms with Crippen LogP contribution < -0.4 is 5.32 Å². The maximum Gasteiger partial charge on any atom is 0.282 e. The Balaban J connectivity index is 2.04. The summed E-state index contributed by atoms with van der Waals surface area (Å²) in [7, 11) is -1.20. The Bertz CT molecular complexity index is 353. The van der Waals surface area contributed by atoms with Gasteiger partial charge in [-0.15, -0.1) is 0 Å². The summed E-state index contributed by atoms with van der Waals surface area (Å²) in [5.74, 6) is 0. The monoisotopic (exact) mass is 262 g/mol. The Kier molecular flexibility index (Phi) is 4.04. The van der Waals surface area contributed by atoms with E-state index in [4.69, 9.17) is 0 Å². The highest BCUT2D eigenvalue weighted by molar-refractivity contribution is 7.86. The molecule has 2 rings (SSSR count). The quantitative estimate of drug-likeness (QED) is 0.677. The number of piperazine rings is 2. The van der Waals surface area contributed by atoms with Gasteiger partial charge in [-0.25, -0.2) is 0 Å². The van der Waals surface area contributed by atoms with E-state index < -0.39 is 10.2 Å². The molecule has 1 N–H and O–H groups in total. The maximum atomic E-state index is 12.4. The lowest BCUT2D eigenvalue weighted by molar-refractivity contribution is 0.152. The lowest BCUT2D eigenvalue weighted by atomic mass is 10.2. The van der Waals surface area contributed by atoms with Crippen LogP contribution in [0.15, 0.2) is 0 Å². The molecule has 7 heteroatoms. The molecule has 0 aliphatic carbocycles. The molecule has 1 atom stereocenters. The number of likely N-dealkylation sites (N-methyl/N-ethyl adjacent to an activating group) is 1. The van der Waals surface area contributed by atoms with Crippen molar-refractivity contribution in [2.75, 3.05) is 52.9 Å². The molecule has 100 valence electrons. The first-order valence-electron chi connectivity index (χ1n) is 6.18. The van der Waals surface area contributed by atoms with Crippen LogP contribution in [0, 0.1) is 0 Å². The van der Waals surface area contributed by atoms with Gasteiger partial charge in [0.15, 0.2) is 0 Å².